The fraction of sp³-hybridized carbons (Fsp3) is 0.667. The minimum atomic E-state index is 0.259. The molecule has 2 atom stereocenters. The molecule has 54 valence electrons. The van der Waals surface area contributed by atoms with E-state index in [2.05, 4.69) is 19.1 Å². The van der Waals surface area contributed by atoms with Crippen molar-refractivity contribution in [2.75, 3.05) is 0 Å². The Kier molecular flexibility index (Phi) is 1.05. The Hall–Kier alpha value is -0.590. The third kappa shape index (κ3) is 0.606. The van der Waals surface area contributed by atoms with Gasteiger partial charge in [-0.2, -0.15) is 0 Å². The predicted octanol–water partition coefficient (Wildman–Crippen LogP) is 1.93. The number of ketones is 1. The minimum Gasteiger partial charge on any atom is -0.299 e. The van der Waals surface area contributed by atoms with E-state index in [4.69, 9.17) is 0 Å². The Labute approximate surface area is 61.1 Å². The summed E-state index contributed by atoms with van der Waals surface area (Å²) < 4.78 is 0. The maximum atomic E-state index is 11.2. The minimum absolute atomic E-state index is 0.259. The molecule has 2 rings (SSSR count). The van der Waals surface area contributed by atoms with Gasteiger partial charge >= 0.3 is 0 Å². The topological polar surface area (TPSA) is 17.1 Å². The van der Waals surface area contributed by atoms with Crippen LogP contribution in [0.25, 0.3) is 0 Å². The molecule has 0 radical (unpaired) electrons. The smallest absolute Gasteiger partial charge is 0.140 e. The van der Waals surface area contributed by atoms with Crippen molar-refractivity contribution in [3.8, 4) is 0 Å². The van der Waals surface area contributed by atoms with Crippen LogP contribution in [0.15, 0.2) is 12.2 Å². The van der Waals surface area contributed by atoms with Gasteiger partial charge in [-0.3, -0.25) is 4.79 Å². The number of allylic oxidation sites excluding steroid dienone is 2. The molecule has 2 aliphatic carbocycles. The second-order valence-corrected chi connectivity index (χ2v) is 3.66. The number of carbonyl (C=O) groups excluding carboxylic acids is 1. The largest absolute Gasteiger partial charge is 0.299 e. The molecule has 1 saturated carbocycles. The summed E-state index contributed by atoms with van der Waals surface area (Å²) >= 11 is 0. The van der Waals surface area contributed by atoms with E-state index < -0.39 is 0 Å². The Morgan fingerprint density at radius 3 is 2.90 bits per heavy atom. The van der Waals surface area contributed by atoms with Gasteiger partial charge in [0.2, 0.25) is 0 Å². The Balaban J connectivity index is 2.26. The second-order valence-electron chi connectivity index (χ2n) is 3.66. The SMILES string of the molecule is C[C@@]12C=C[C@@H]1C(=O)CCC2. The van der Waals surface area contributed by atoms with Gasteiger partial charge < -0.3 is 0 Å². The van der Waals surface area contributed by atoms with Crippen molar-refractivity contribution in [1.29, 1.82) is 0 Å². The molecule has 0 aromatic heterocycles. The van der Waals surface area contributed by atoms with Gasteiger partial charge in [0.05, 0.1) is 0 Å². The molecule has 1 nitrogen and oxygen atoms in total. The summed E-state index contributed by atoms with van der Waals surface area (Å²) in [7, 11) is 0. The Morgan fingerprint density at radius 1 is 1.70 bits per heavy atom. The van der Waals surface area contributed by atoms with E-state index in [0.717, 1.165) is 12.8 Å². The molecular formula is C9H12O. The summed E-state index contributed by atoms with van der Waals surface area (Å²) in [5.41, 5.74) is 0.259. The lowest BCUT2D eigenvalue weighted by molar-refractivity contribution is -0.127. The third-order valence-corrected chi connectivity index (χ3v) is 2.87. The highest BCUT2D eigenvalue weighted by atomic mass is 16.1. The van der Waals surface area contributed by atoms with E-state index in [9.17, 15) is 4.79 Å². The molecule has 0 aromatic rings. The number of hydrogen-bond donors (Lipinski definition) is 0. The maximum absolute atomic E-state index is 11.2. The van der Waals surface area contributed by atoms with E-state index in [1.807, 2.05) is 0 Å². The van der Waals surface area contributed by atoms with Crippen molar-refractivity contribution in [3.05, 3.63) is 12.2 Å². The molecule has 0 spiro atoms. The second kappa shape index (κ2) is 1.71. The van der Waals surface area contributed by atoms with Crippen LogP contribution < -0.4 is 0 Å². The van der Waals surface area contributed by atoms with Gasteiger partial charge in [0, 0.05) is 12.3 Å². The molecule has 0 N–H and O–H groups in total. The van der Waals surface area contributed by atoms with Crippen LogP contribution in [0, 0.1) is 11.3 Å². The first-order chi connectivity index (χ1) is 4.72. The summed E-state index contributed by atoms with van der Waals surface area (Å²) in [5.74, 6) is 0.734. The summed E-state index contributed by atoms with van der Waals surface area (Å²) in [5, 5.41) is 0. The van der Waals surface area contributed by atoms with Crippen LogP contribution in [0.4, 0.5) is 0 Å². The van der Waals surface area contributed by atoms with E-state index >= 15 is 0 Å². The van der Waals surface area contributed by atoms with Crippen molar-refractivity contribution >= 4 is 5.78 Å². The Bertz CT molecular complexity index is 205. The zero-order valence-electron chi connectivity index (χ0n) is 6.26. The van der Waals surface area contributed by atoms with E-state index in [1.165, 1.54) is 6.42 Å². The van der Waals surface area contributed by atoms with Gasteiger partial charge in [0.1, 0.15) is 5.78 Å². The molecule has 1 heteroatoms. The van der Waals surface area contributed by atoms with Gasteiger partial charge in [-0.15, -0.1) is 0 Å². The lowest BCUT2D eigenvalue weighted by Gasteiger charge is -2.43. The fourth-order valence-corrected chi connectivity index (χ4v) is 2.03. The molecular weight excluding hydrogens is 124 g/mol. The molecule has 0 unspecified atom stereocenters. The summed E-state index contributed by atoms with van der Waals surface area (Å²) in [4.78, 5) is 11.2. The van der Waals surface area contributed by atoms with Crippen LogP contribution in [-0.2, 0) is 4.79 Å². The number of Topliss-reactive ketones (excluding diaryl/α,β-unsaturated/α-hetero) is 1. The monoisotopic (exact) mass is 136 g/mol. The number of fused-ring (bicyclic) bond motifs is 1. The van der Waals surface area contributed by atoms with Gasteiger partial charge in [0.15, 0.2) is 0 Å². The maximum Gasteiger partial charge on any atom is 0.140 e. The van der Waals surface area contributed by atoms with Crippen molar-refractivity contribution in [3.63, 3.8) is 0 Å². The van der Waals surface area contributed by atoms with Crippen LogP contribution in [0.2, 0.25) is 0 Å². The van der Waals surface area contributed by atoms with E-state index in [-0.39, 0.29) is 11.3 Å². The van der Waals surface area contributed by atoms with E-state index in [0.29, 0.717) is 5.78 Å². The fourth-order valence-electron chi connectivity index (χ4n) is 2.03. The van der Waals surface area contributed by atoms with Crippen LogP contribution in [0.5, 0.6) is 0 Å². The van der Waals surface area contributed by atoms with Crippen molar-refractivity contribution in [1.82, 2.24) is 0 Å². The van der Waals surface area contributed by atoms with Crippen molar-refractivity contribution < 1.29 is 4.79 Å². The average Bonchev–Trinajstić information content (AvgIpc) is 1.83. The highest BCUT2D eigenvalue weighted by molar-refractivity contribution is 5.86. The highest BCUT2D eigenvalue weighted by Crippen LogP contribution is 2.47. The zero-order valence-corrected chi connectivity index (χ0v) is 6.26. The van der Waals surface area contributed by atoms with Crippen LogP contribution in [0.1, 0.15) is 26.2 Å². The number of hydrogen-bond acceptors (Lipinski definition) is 1. The van der Waals surface area contributed by atoms with Gasteiger partial charge in [-0.25, -0.2) is 0 Å². The molecule has 0 aliphatic heterocycles. The molecule has 0 aromatic carbocycles. The van der Waals surface area contributed by atoms with Crippen LogP contribution >= 0.6 is 0 Å². The third-order valence-electron chi connectivity index (χ3n) is 2.87. The van der Waals surface area contributed by atoms with Gasteiger partial charge in [-0.05, 0) is 18.3 Å². The predicted molar refractivity (Wildman–Crippen MR) is 39.6 cm³/mol. The average molecular weight is 136 g/mol. The van der Waals surface area contributed by atoms with Crippen molar-refractivity contribution in [2.45, 2.75) is 26.2 Å². The van der Waals surface area contributed by atoms with E-state index in [1.54, 1.807) is 0 Å². The molecule has 2 aliphatic rings. The Morgan fingerprint density at radius 2 is 2.50 bits per heavy atom. The first-order valence-electron chi connectivity index (χ1n) is 3.94. The normalized spacial score (nSPS) is 44.5. The molecule has 10 heavy (non-hydrogen) atoms. The van der Waals surface area contributed by atoms with Crippen molar-refractivity contribution in [2.24, 2.45) is 11.3 Å². The zero-order chi connectivity index (χ0) is 7.19. The molecule has 0 heterocycles. The van der Waals surface area contributed by atoms with Crippen LogP contribution in [-0.4, -0.2) is 5.78 Å². The van der Waals surface area contributed by atoms with Gasteiger partial charge in [-0.1, -0.05) is 19.1 Å². The van der Waals surface area contributed by atoms with Crippen LogP contribution in [0.3, 0.4) is 0 Å². The standard InChI is InChI=1S/C9H12O/c1-9-5-2-3-8(10)7(9)4-6-9/h4,6-7H,2-3,5H2,1H3/t7-,9-/m1/s1. The lowest BCUT2D eigenvalue weighted by Crippen LogP contribution is -2.40. The first kappa shape index (κ1) is 6.14. The number of rotatable bonds is 0. The molecule has 0 saturated heterocycles. The summed E-state index contributed by atoms with van der Waals surface area (Å²) in [6, 6.07) is 0. The first-order valence-corrected chi connectivity index (χ1v) is 3.94. The quantitative estimate of drug-likeness (QED) is 0.465. The summed E-state index contributed by atoms with van der Waals surface area (Å²) in [6.07, 6.45) is 7.36. The summed E-state index contributed by atoms with van der Waals surface area (Å²) in [6.45, 7) is 2.19. The highest BCUT2D eigenvalue weighted by Gasteiger charge is 2.43. The number of carbonyl (C=O) groups is 1. The van der Waals surface area contributed by atoms with Gasteiger partial charge in [0.25, 0.3) is 0 Å². The molecule has 0 bridgehead atoms. The lowest BCUT2D eigenvalue weighted by atomic mass is 9.60. The molecule has 1 fully saturated rings. The molecule has 0 amide bonds.